The van der Waals surface area contributed by atoms with Crippen LogP contribution in [0.5, 0.6) is 0 Å². The third-order valence-corrected chi connectivity index (χ3v) is 3.94. The molecule has 0 saturated carbocycles. The van der Waals surface area contributed by atoms with Crippen LogP contribution < -0.4 is 5.32 Å². The maximum Gasteiger partial charge on any atom is 0.0674 e. The summed E-state index contributed by atoms with van der Waals surface area (Å²) < 4.78 is 11.4. The molecule has 0 radical (unpaired) electrons. The Hall–Kier alpha value is -0.160. The fourth-order valence-electron chi connectivity index (χ4n) is 2.98. The predicted octanol–water partition coefficient (Wildman–Crippen LogP) is 1.25. The Balaban J connectivity index is 1.93. The van der Waals surface area contributed by atoms with Gasteiger partial charge < -0.3 is 14.8 Å². The zero-order chi connectivity index (χ0) is 12.8. The number of nitrogens with one attached hydrogen (secondary N) is 1. The van der Waals surface area contributed by atoms with Crippen molar-refractivity contribution in [3.8, 4) is 0 Å². The Morgan fingerprint density at radius 2 is 2.22 bits per heavy atom. The van der Waals surface area contributed by atoms with Crippen molar-refractivity contribution in [2.45, 2.75) is 51.3 Å². The molecule has 106 valence electrons. The highest BCUT2D eigenvalue weighted by atomic mass is 16.5. The summed E-state index contributed by atoms with van der Waals surface area (Å²) in [5.41, 5.74) is 0. The summed E-state index contributed by atoms with van der Waals surface area (Å²) >= 11 is 0. The number of hydrogen-bond donors (Lipinski definition) is 1. The molecule has 0 aromatic heterocycles. The topological polar surface area (TPSA) is 33.7 Å². The van der Waals surface area contributed by atoms with Crippen LogP contribution >= 0.6 is 0 Å². The summed E-state index contributed by atoms with van der Waals surface area (Å²) in [7, 11) is 0. The van der Waals surface area contributed by atoms with Crippen molar-refractivity contribution in [2.24, 2.45) is 0 Å². The molecule has 2 rings (SSSR count). The lowest BCUT2D eigenvalue weighted by molar-refractivity contribution is -0.0124. The summed E-state index contributed by atoms with van der Waals surface area (Å²) in [5, 5.41) is 3.69. The van der Waals surface area contributed by atoms with E-state index in [2.05, 4.69) is 24.1 Å². The number of ether oxygens (including phenoxy) is 2. The van der Waals surface area contributed by atoms with Gasteiger partial charge in [-0.05, 0) is 32.7 Å². The largest absolute Gasteiger partial charge is 0.380 e. The van der Waals surface area contributed by atoms with Gasteiger partial charge in [-0.3, -0.25) is 4.90 Å². The minimum atomic E-state index is 0.348. The van der Waals surface area contributed by atoms with Gasteiger partial charge in [0, 0.05) is 38.4 Å². The molecule has 2 aliphatic heterocycles. The average Bonchev–Trinajstić information content (AvgIpc) is 2.61. The average molecular weight is 256 g/mol. The smallest absolute Gasteiger partial charge is 0.0674 e. The van der Waals surface area contributed by atoms with Crippen molar-refractivity contribution in [1.29, 1.82) is 0 Å². The molecule has 2 saturated heterocycles. The van der Waals surface area contributed by atoms with E-state index in [0.717, 1.165) is 52.3 Å². The number of hydrogen-bond acceptors (Lipinski definition) is 4. The molecule has 2 aliphatic rings. The van der Waals surface area contributed by atoms with Gasteiger partial charge in [-0.2, -0.15) is 0 Å². The molecular formula is C14H28N2O2. The molecule has 0 spiro atoms. The van der Waals surface area contributed by atoms with Crippen LogP contribution in [0.4, 0.5) is 0 Å². The van der Waals surface area contributed by atoms with E-state index in [0.29, 0.717) is 18.2 Å². The third-order valence-electron chi connectivity index (χ3n) is 3.94. The Morgan fingerprint density at radius 3 is 3.06 bits per heavy atom. The van der Waals surface area contributed by atoms with Gasteiger partial charge in [-0.1, -0.05) is 6.92 Å². The van der Waals surface area contributed by atoms with Crippen LogP contribution in [-0.2, 0) is 9.47 Å². The highest BCUT2D eigenvalue weighted by Gasteiger charge is 2.31. The van der Waals surface area contributed by atoms with Gasteiger partial charge >= 0.3 is 0 Å². The van der Waals surface area contributed by atoms with Gasteiger partial charge in [0.1, 0.15) is 0 Å². The summed E-state index contributed by atoms with van der Waals surface area (Å²) in [4.78, 5) is 2.57. The van der Waals surface area contributed by atoms with E-state index in [-0.39, 0.29) is 0 Å². The lowest BCUT2D eigenvalue weighted by atomic mass is 10.0. The van der Waals surface area contributed by atoms with E-state index in [9.17, 15) is 0 Å². The van der Waals surface area contributed by atoms with Crippen molar-refractivity contribution < 1.29 is 9.47 Å². The number of rotatable bonds is 4. The predicted molar refractivity (Wildman–Crippen MR) is 72.9 cm³/mol. The summed E-state index contributed by atoms with van der Waals surface area (Å²) in [6.45, 7) is 10.4. The molecular weight excluding hydrogens is 228 g/mol. The van der Waals surface area contributed by atoms with E-state index in [4.69, 9.17) is 9.47 Å². The van der Waals surface area contributed by atoms with Crippen LogP contribution in [0.15, 0.2) is 0 Å². The molecule has 1 N–H and O–H groups in total. The zero-order valence-electron chi connectivity index (χ0n) is 11.9. The Morgan fingerprint density at radius 1 is 1.33 bits per heavy atom. The van der Waals surface area contributed by atoms with E-state index >= 15 is 0 Å². The minimum absolute atomic E-state index is 0.348. The SMILES string of the molecule is CCCNC1CCOCC1N1CCCOC(C)C1. The Kier molecular flexibility index (Phi) is 5.89. The maximum absolute atomic E-state index is 5.74. The summed E-state index contributed by atoms with van der Waals surface area (Å²) in [6, 6.07) is 1.11. The first-order valence-corrected chi connectivity index (χ1v) is 7.48. The van der Waals surface area contributed by atoms with Gasteiger partial charge in [-0.25, -0.2) is 0 Å². The maximum atomic E-state index is 5.74. The van der Waals surface area contributed by atoms with Gasteiger partial charge in [0.05, 0.1) is 12.7 Å². The van der Waals surface area contributed by atoms with Crippen LogP contribution in [-0.4, -0.2) is 62.5 Å². The molecule has 4 nitrogen and oxygen atoms in total. The quantitative estimate of drug-likeness (QED) is 0.821. The fourth-order valence-corrected chi connectivity index (χ4v) is 2.98. The molecule has 2 heterocycles. The molecule has 4 heteroatoms. The number of nitrogens with zero attached hydrogens (tertiary/aromatic N) is 1. The highest BCUT2D eigenvalue weighted by molar-refractivity contribution is 4.88. The van der Waals surface area contributed by atoms with Crippen LogP contribution in [0.2, 0.25) is 0 Å². The Labute approximate surface area is 111 Å². The normalized spacial score (nSPS) is 35.3. The monoisotopic (exact) mass is 256 g/mol. The van der Waals surface area contributed by atoms with Crippen LogP contribution in [0, 0.1) is 0 Å². The van der Waals surface area contributed by atoms with E-state index in [1.165, 1.54) is 6.42 Å². The molecule has 18 heavy (non-hydrogen) atoms. The molecule has 0 aromatic rings. The second-order valence-corrected chi connectivity index (χ2v) is 5.52. The third kappa shape index (κ3) is 3.92. The van der Waals surface area contributed by atoms with Crippen molar-refractivity contribution >= 4 is 0 Å². The lowest BCUT2D eigenvalue weighted by Crippen LogP contribution is -2.56. The lowest BCUT2D eigenvalue weighted by Gasteiger charge is -2.40. The van der Waals surface area contributed by atoms with Crippen molar-refractivity contribution in [1.82, 2.24) is 10.2 Å². The molecule has 0 aromatic carbocycles. The first-order chi connectivity index (χ1) is 8.81. The summed E-state index contributed by atoms with van der Waals surface area (Å²) in [5.74, 6) is 0. The standard InChI is InChI=1S/C14H28N2O2/c1-3-6-15-13-5-9-17-11-14(13)16-7-4-8-18-12(2)10-16/h12-15H,3-11H2,1-2H3. The van der Waals surface area contributed by atoms with Crippen molar-refractivity contribution in [3.63, 3.8) is 0 Å². The van der Waals surface area contributed by atoms with Crippen LogP contribution in [0.1, 0.15) is 33.1 Å². The van der Waals surface area contributed by atoms with Crippen LogP contribution in [0.25, 0.3) is 0 Å². The first-order valence-electron chi connectivity index (χ1n) is 7.48. The van der Waals surface area contributed by atoms with E-state index in [1.807, 2.05) is 0 Å². The molecule has 0 bridgehead atoms. The molecule has 0 aliphatic carbocycles. The van der Waals surface area contributed by atoms with E-state index in [1.54, 1.807) is 0 Å². The van der Waals surface area contributed by atoms with Gasteiger partial charge in [-0.15, -0.1) is 0 Å². The summed E-state index contributed by atoms with van der Waals surface area (Å²) in [6.07, 6.45) is 3.82. The van der Waals surface area contributed by atoms with Crippen molar-refractivity contribution in [2.75, 3.05) is 39.5 Å². The fraction of sp³-hybridized carbons (Fsp3) is 1.00. The molecule has 2 fully saturated rings. The van der Waals surface area contributed by atoms with Crippen molar-refractivity contribution in [3.05, 3.63) is 0 Å². The van der Waals surface area contributed by atoms with Crippen LogP contribution in [0.3, 0.4) is 0 Å². The molecule has 0 amide bonds. The first kappa shape index (κ1) is 14.3. The van der Waals surface area contributed by atoms with Gasteiger partial charge in [0.15, 0.2) is 0 Å². The van der Waals surface area contributed by atoms with E-state index < -0.39 is 0 Å². The van der Waals surface area contributed by atoms with Gasteiger partial charge in [0.25, 0.3) is 0 Å². The highest BCUT2D eigenvalue weighted by Crippen LogP contribution is 2.18. The second kappa shape index (κ2) is 7.43. The van der Waals surface area contributed by atoms with Gasteiger partial charge in [0.2, 0.25) is 0 Å². The zero-order valence-corrected chi connectivity index (χ0v) is 11.9. The second-order valence-electron chi connectivity index (χ2n) is 5.52. The minimum Gasteiger partial charge on any atom is -0.380 e. The molecule has 3 unspecified atom stereocenters. The molecule has 3 atom stereocenters. The Bertz CT molecular complexity index is 238.